The van der Waals surface area contributed by atoms with Crippen LogP contribution in [0.25, 0.3) is 0 Å². The van der Waals surface area contributed by atoms with Crippen molar-refractivity contribution in [2.75, 3.05) is 23.7 Å². The molecule has 1 saturated heterocycles. The number of nitrogens with zero attached hydrogens (tertiary/aromatic N) is 1. The zero-order chi connectivity index (χ0) is 11.7. The Hall–Kier alpha value is -0.450. The van der Waals surface area contributed by atoms with Gasteiger partial charge in [-0.3, -0.25) is 0 Å². The average Bonchev–Trinajstić information content (AvgIpc) is 2.22. The number of nitrogens with two attached hydrogens (primary N) is 1. The summed E-state index contributed by atoms with van der Waals surface area (Å²) in [5.74, 6) is 1.59. The summed E-state index contributed by atoms with van der Waals surface area (Å²) in [4.78, 5) is 2.43. The Labute approximate surface area is 111 Å². The monoisotopic (exact) mass is 330 g/mol. The Morgan fingerprint density at radius 2 is 2.06 bits per heavy atom. The van der Waals surface area contributed by atoms with E-state index in [-0.39, 0.29) is 0 Å². The van der Waals surface area contributed by atoms with Gasteiger partial charge >= 0.3 is 0 Å². The second-order valence-electron chi connectivity index (χ2n) is 4.89. The molecule has 1 fully saturated rings. The molecule has 0 aromatic heterocycles. The minimum absolute atomic E-state index is 0.757. The summed E-state index contributed by atoms with van der Waals surface area (Å²) in [7, 11) is 0. The first-order chi connectivity index (χ1) is 7.58. The van der Waals surface area contributed by atoms with Crippen LogP contribution in [-0.2, 0) is 0 Å². The van der Waals surface area contributed by atoms with E-state index in [0.717, 1.165) is 30.6 Å². The maximum atomic E-state index is 6.09. The average molecular weight is 330 g/mol. The third-order valence-corrected chi connectivity index (χ3v) is 4.34. The molecule has 1 heterocycles. The minimum atomic E-state index is 0.757. The molecule has 2 atom stereocenters. The SMILES string of the molecule is CC1CCN(c2ccc(I)cc2N)CC1C. The number of nitrogen functional groups attached to an aromatic ring is 1. The highest BCUT2D eigenvalue weighted by atomic mass is 127. The van der Waals surface area contributed by atoms with E-state index in [9.17, 15) is 0 Å². The van der Waals surface area contributed by atoms with E-state index in [1.54, 1.807) is 0 Å². The third-order valence-electron chi connectivity index (χ3n) is 3.66. The fourth-order valence-electron chi connectivity index (χ4n) is 2.30. The molecule has 2 rings (SSSR count). The number of hydrogen-bond acceptors (Lipinski definition) is 2. The van der Waals surface area contributed by atoms with Gasteiger partial charge in [0.2, 0.25) is 0 Å². The molecule has 88 valence electrons. The first-order valence-electron chi connectivity index (χ1n) is 5.88. The van der Waals surface area contributed by atoms with Crippen molar-refractivity contribution in [3.63, 3.8) is 0 Å². The molecule has 1 aromatic carbocycles. The van der Waals surface area contributed by atoms with Crippen LogP contribution in [-0.4, -0.2) is 13.1 Å². The fourth-order valence-corrected chi connectivity index (χ4v) is 2.81. The van der Waals surface area contributed by atoms with E-state index in [1.165, 1.54) is 15.7 Å². The van der Waals surface area contributed by atoms with E-state index < -0.39 is 0 Å². The number of halogens is 1. The summed E-state index contributed by atoms with van der Waals surface area (Å²) in [6.07, 6.45) is 1.27. The summed E-state index contributed by atoms with van der Waals surface area (Å²) in [6.45, 7) is 6.95. The standard InChI is InChI=1S/C13H19IN2/c1-9-5-6-16(8-10(9)2)13-4-3-11(14)7-12(13)15/h3-4,7,9-10H,5-6,8,15H2,1-2H3. The van der Waals surface area contributed by atoms with Gasteiger partial charge in [-0.25, -0.2) is 0 Å². The van der Waals surface area contributed by atoms with E-state index in [0.29, 0.717) is 0 Å². The number of hydrogen-bond donors (Lipinski definition) is 1. The van der Waals surface area contributed by atoms with Gasteiger partial charge in [-0.1, -0.05) is 13.8 Å². The fraction of sp³-hybridized carbons (Fsp3) is 0.538. The zero-order valence-corrected chi connectivity index (χ0v) is 12.1. The van der Waals surface area contributed by atoms with Crippen LogP contribution in [0.2, 0.25) is 0 Å². The van der Waals surface area contributed by atoms with Crippen molar-refractivity contribution in [3.05, 3.63) is 21.8 Å². The van der Waals surface area contributed by atoms with Gasteiger partial charge in [0.1, 0.15) is 0 Å². The molecular weight excluding hydrogens is 311 g/mol. The molecule has 0 aliphatic carbocycles. The van der Waals surface area contributed by atoms with Gasteiger partial charge in [-0.2, -0.15) is 0 Å². The highest BCUT2D eigenvalue weighted by Crippen LogP contribution is 2.31. The Bertz CT molecular complexity index is 378. The molecule has 0 bridgehead atoms. The molecule has 2 nitrogen and oxygen atoms in total. The lowest BCUT2D eigenvalue weighted by Crippen LogP contribution is -2.38. The van der Waals surface area contributed by atoms with Crippen molar-refractivity contribution >= 4 is 34.0 Å². The maximum Gasteiger partial charge on any atom is 0.0600 e. The second kappa shape index (κ2) is 4.82. The maximum absolute atomic E-state index is 6.09. The van der Waals surface area contributed by atoms with Crippen LogP contribution in [0.3, 0.4) is 0 Å². The lowest BCUT2D eigenvalue weighted by atomic mass is 9.88. The molecule has 2 N–H and O–H groups in total. The Morgan fingerprint density at radius 1 is 1.31 bits per heavy atom. The van der Waals surface area contributed by atoms with Gasteiger partial charge in [0.05, 0.1) is 11.4 Å². The molecule has 3 heteroatoms. The van der Waals surface area contributed by atoms with Crippen molar-refractivity contribution in [1.29, 1.82) is 0 Å². The van der Waals surface area contributed by atoms with E-state index in [4.69, 9.17) is 5.73 Å². The molecular formula is C13H19IN2. The van der Waals surface area contributed by atoms with Gasteiger partial charge in [0, 0.05) is 16.7 Å². The molecule has 1 aromatic rings. The third kappa shape index (κ3) is 2.44. The second-order valence-corrected chi connectivity index (χ2v) is 6.14. The molecule has 16 heavy (non-hydrogen) atoms. The summed E-state index contributed by atoms with van der Waals surface area (Å²) in [5.41, 5.74) is 8.20. The molecule has 0 spiro atoms. The first-order valence-corrected chi connectivity index (χ1v) is 6.96. The molecule has 0 amide bonds. The van der Waals surface area contributed by atoms with E-state index in [2.05, 4.69) is 59.5 Å². The summed E-state index contributed by atoms with van der Waals surface area (Å²) in [5, 5.41) is 0. The highest BCUT2D eigenvalue weighted by molar-refractivity contribution is 14.1. The Balaban J connectivity index is 2.18. The number of piperidine rings is 1. The predicted molar refractivity (Wildman–Crippen MR) is 78.7 cm³/mol. The van der Waals surface area contributed by atoms with Crippen LogP contribution in [0.1, 0.15) is 20.3 Å². The van der Waals surface area contributed by atoms with Gasteiger partial charge < -0.3 is 10.6 Å². The summed E-state index contributed by atoms with van der Waals surface area (Å²) >= 11 is 2.30. The van der Waals surface area contributed by atoms with Gasteiger partial charge in [0.15, 0.2) is 0 Å². The zero-order valence-electron chi connectivity index (χ0n) is 9.91. The molecule has 2 unspecified atom stereocenters. The molecule has 1 aliphatic rings. The lowest BCUT2D eigenvalue weighted by molar-refractivity contribution is 0.324. The van der Waals surface area contributed by atoms with Crippen molar-refractivity contribution in [3.8, 4) is 0 Å². The van der Waals surface area contributed by atoms with E-state index >= 15 is 0 Å². The normalized spacial score (nSPS) is 25.8. The van der Waals surface area contributed by atoms with Crippen molar-refractivity contribution in [1.82, 2.24) is 0 Å². The van der Waals surface area contributed by atoms with Crippen LogP contribution in [0.4, 0.5) is 11.4 Å². The van der Waals surface area contributed by atoms with Crippen LogP contribution < -0.4 is 10.6 Å². The number of benzene rings is 1. The summed E-state index contributed by atoms with van der Waals surface area (Å²) in [6, 6.07) is 6.34. The van der Waals surface area contributed by atoms with Crippen molar-refractivity contribution in [2.24, 2.45) is 11.8 Å². The lowest BCUT2D eigenvalue weighted by Gasteiger charge is -2.37. The van der Waals surface area contributed by atoms with Crippen LogP contribution in [0.5, 0.6) is 0 Å². The Morgan fingerprint density at radius 3 is 2.69 bits per heavy atom. The van der Waals surface area contributed by atoms with Crippen molar-refractivity contribution in [2.45, 2.75) is 20.3 Å². The minimum Gasteiger partial charge on any atom is -0.397 e. The highest BCUT2D eigenvalue weighted by Gasteiger charge is 2.23. The van der Waals surface area contributed by atoms with Gasteiger partial charge in [-0.15, -0.1) is 0 Å². The van der Waals surface area contributed by atoms with Crippen molar-refractivity contribution < 1.29 is 0 Å². The smallest absolute Gasteiger partial charge is 0.0600 e. The molecule has 0 radical (unpaired) electrons. The van der Waals surface area contributed by atoms with Crippen LogP contribution in [0.15, 0.2) is 18.2 Å². The Kier molecular flexibility index (Phi) is 3.62. The van der Waals surface area contributed by atoms with Crippen LogP contribution in [0, 0.1) is 15.4 Å². The van der Waals surface area contributed by atoms with Gasteiger partial charge in [0.25, 0.3) is 0 Å². The first kappa shape index (κ1) is 12.0. The number of rotatable bonds is 1. The predicted octanol–water partition coefficient (Wildman–Crippen LogP) is 3.36. The quantitative estimate of drug-likeness (QED) is 0.632. The van der Waals surface area contributed by atoms with Gasteiger partial charge in [-0.05, 0) is 59.0 Å². The largest absolute Gasteiger partial charge is 0.397 e. The van der Waals surface area contributed by atoms with Crippen LogP contribution >= 0.6 is 22.6 Å². The topological polar surface area (TPSA) is 29.3 Å². The molecule has 1 aliphatic heterocycles. The molecule has 0 saturated carbocycles. The van der Waals surface area contributed by atoms with E-state index in [1.807, 2.05) is 0 Å². The number of anilines is 2. The summed E-state index contributed by atoms with van der Waals surface area (Å²) < 4.78 is 1.21.